The van der Waals surface area contributed by atoms with Crippen LogP contribution < -0.4 is 0 Å². The van der Waals surface area contributed by atoms with E-state index < -0.39 is 0 Å². The van der Waals surface area contributed by atoms with E-state index >= 15 is 0 Å². The van der Waals surface area contributed by atoms with Crippen molar-refractivity contribution in [2.75, 3.05) is 0 Å². The minimum absolute atomic E-state index is 0.00277. The van der Waals surface area contributed by atoms with Gasteiger partial charge in [-0.05, 0) is 12.5 Å². The Labute approximate surface area is 94.7 Å². The zero-order chi connectivity index (χ0) is 11.5. The molecule has 3 nitrogen and oxygen atoms in total. The Bertz CT molecular complexity index is 514. The molecule has 0 aliphatic heterocycles. The van der Waals surface area contributed by atoms with E-state index in [0.717, 1.165) is 6.54 Å². The minimum atomic E-state index is 0.00277. The van der Waals surface area contributed by atoms with Gasteiger partial charge in [-0.2, -0.15) is 0 Å². The molecule has 3 heteroatoms. The molecule has 1 aromatic carbocycles. The van der Waals surface area contributed by atoms with Crippen molar-refractivity contribution in [2.24, 2.45) is 0 Å². The predicted molar refractivity (Wildman–Crippen MR) is 62.5 cm³/mol. The van der Waals surface area contributed by atoms with Gasteiger partial charge < -0.3 is 4.57 Å². The third kappa shape index (κ3) is 2.37. The Kier molecular flexibility index (Phi) is 2.86. The summed E-state index contributed by atoms with van der Waals surface area (Å²) in [5.41, 5.74) is 2.98. The zero-order valence-electron chi connectivity index (χ0n) is 9.47. The van der Waals surface area contributed by atoms with Crippen LogP contribution in [0.2, 0.25) is 0 Å². The van der Waals surface area contributed by atoms with Crippen molar-refractivity contribution < 1.29 is 4.79 Å². The van der Waals surface area contributed by atoms with E-state index in [1.807, 2.05) is 10.6 Å². The van der Waals surface area contributed by atoms with Gasteiger partial charge in [-0.25, -0.2) is 4.98 Å². The van der Waals surface area contributed by atoms with Gasteiger partial charge in [-0.1, -0.05) is 29.8 Å². The molecule has 0 unspecified atom stereocenters. The summed E-state index contributed by atoms with van der Waals surface area (Å²) in [6.07, 6.45) is 3.48. The molecule has 0 N–H and O–H groups in total. The first-order chi connectivity index (χ1) is 7.65. The van der Waals surface area contributed by atoms with Crippen LogP contribution in [0.5, 0.6) is 0 Å². The molecule has 2 aromatic rings. The summed E-state index contributed by atoms with van der Waals surface area (Å²) in [7, 11) is 0. The Morgan fingerprint density at radius 3 is 2.88 bits per heavy atom. The lowest BCUT2D eigenvalue weighted by atomic mass is 10.1. The highest BCUT2D eigenvalue weighted by Gasteiger charge is 2.03. The highest BCUT2D eigenvalue weighted by Crippen LogP contribution is 2.07. The monoisotopic (exact) mass is 214 g/mol. The normalized spacial score (nSPS) is 10.4. The first kappa shape index (κ1) is 10.6. The standard InChI is InChI=1S/C13H14N2O/c1-10-4-3-5-12(6-10)7-15-8-13(11(2)16)14-9-15/h3-6,8-9H,7H2,1-2H3. The number of carbonyl (C=O) groups is 1. The lowest BCUT2D eigenvalue weighted by Gasteiger charge is -2.02. The number of aryl methyl sites for hydroxylation is 1. The maximum absolute atomic E-state index is 11.1. The lowest BCUT2D eigenvalue weighted by molar-refractivity contribution is 0.101. The van der Waals surface area contributed by atoms with E-state index in [4.69, 9.17) is 0 Å². The van der Waals surface area contributed by atoms with Crippen molar-refractivity contribution >= 4 is 5.78 Å². The molecule has 2 rings (SSSR count). The number of hydrogen-bond donors (Lipinski definition) is 0. The number of carbonyl (C=O) groups excluding carboxylic acids is 1. The topological polar surface area (TPSA) is 34.9 Å². The molecule has 0 aliphatic carbocycles. The van der Waals surface area contributed by atoms with Crippen LogP contribution >= 0.6 is 0 Å². The SMILES string of the molecule is CC(=O)c1cn(Cc2cccc(C)c2)cn1. The van der Waals surface area contributed by atoms with Crippen LogP contribution in [0.1, 0.15) is 28.5 Å². The summed E-state index contributed by atoms with van der Waals surface area (Å²) in [6.45, 7) is 4.35. The Morgan fingerprint density at radius 2 is 2.25 bits per heavy atom. The van der Waals surface area contributed by atoms with Crippen LogP contribution in [0.25, 0.3) is 0 Å². The third-order valence-electron chi connectivity index (χ3n) is 2.44. The fourth-order valence-electron chi connectivity index (χ4n) is 1.65. The van der Waals surface area contributed by atoms with Crippen LogP contribution in [0, 0.1) is 6.92 Å². The molecule has 0 saturated heterocycles. The molecule has 0 fully saturated rings. The van der Waals surface area contributed by atoms with Gasteiger partial charge in [0.2, 0.25) is 0 Å². The maximum atomic E-state index is 11.1. The average molecular weight is 214 g/mol. The van der Waals surface area contributed by atoms with E-state index in [0.29, 0.717) is 5.69 Å². The van der Waals surface area contributed by atoms with E-state index in [-0.39, 0.29) is 5.78 Å². The molecule has 1 heterocycles. The fourth-order valence-corrected chi connectivity index (χ4v) is 1.65. The molecule has 82 valence electrons. The van der Waals surface area contributed by atoms with Crippen LogP contribution in [-0.4, -0.2) is 15.3 Å². The summed E-state index contributed by atoms with van der Waals surface area (Å²) < 4.78 is 1.92. The van der Waals surface area contributed by atoms with Crippen molar-refractivity contribution in [1.29, 1.82) is 0 Å². The number of hydrogen-bond acceptors (Lipinski definition) is 2. The van der Waals surface area contributed by atoms with E-state index in [2.05, 4.69) is 30.1 Å². The van der Waals surface area contributed by atoms with E-state index in [9.17, 15) is 4.79 Å². The first-order valence-corrected chi connectivity index (χ1v) is 5.23. The molecule has 0 radical (unpaired) electrons. The fraction of sp³-hybridized carbons (Fsp3) is 0.231. The number of imidazole rings is 1. The molecule has 0 bridgehead atoms. The van der Waals surface area contributed by atoms with E-state index in [1.165, 1.54) is 18.1 Å². The van der Waals surface area contributed by atoms with Crippen LogP contribution in [-0.2, 0) is 6.54 Å². The van der Waals surface area contributed by atoms with Gasteiger partial charge in [0.25, 0.3) is 0 Å². The summed E-state index contributed by atoms with van der Waals surface area (Å²) in [5, 5.41) is 0. The van der Waals surface area contributed by atoms with Crippen LogP contribution in [0.15, 0.2) is 36.8 Å². The van der Waals surface area contributed by atoms with E-state index in [1.54, 1.807) is 12.5 Å². The molecule has 0 saturated carbocycles. The van der Waals surface area contributed by atoms with Gasteiger partial charge in [-0.15, -0.1) is 0 Å². The first-order valence-electron chi connectivity index (χ1n) is 5.23. The van der Waals surface area contributed by atoms with Gasteiger partial charge in [0.05, 0.1) is 6.33 Å². The van der Waals surface area contributed by atoms with Gasteiger partial charge in [-0.3, -0.25) is 4.79 Å². The number of benzene rings is 1. The Balaban J connectivity index is 2.17. The van der Waals surface area contributed by atoms with Crippen molar-refractivity contribution in [3.05, 3.63) is 53.6 Å². The van der Waals surface area contributed by atoms with Crippen LogP contribution in [0.3, 0.4) is 0 Å². The van der Waals surface area contributed by atoms with Gasteiger partial charge >= 0.3 is 0 Å². The van der Waals surface area contributed by atoms with Crippen molar-refractivity contribution in [3.63, 3.8) is 0 Å². The summed E-state index contributed by atoms with van der Waals surface area (Å²) in [6, 6.07) is 8.31. The average Bonchev–Trinajstić information content (AvgIpc) is 2.66. The molecule has 0 amide bonds. The molecule has 1 aromatic heterocycles. The zero-order valence-corrected chi connectivity index (χ0v) is 9.47. The molecule has 16 heavy (non-hydrogen) atoms. The van der Waals surface area contributed by atoms with Crippen LogP contribution in [0.4, 0.5) is 0 Å². The van der Waals surface area contributed by atoms with Crippen molar-refractivity contribution in [1.82, 2.24) is 9.55 Å². The van der Waals surface area contributed by atoms with Crippen molar-refractivity contribution in [3.8, 4) is 0 Å². The van der Waals surface area contributed by atoms with Gasteiger partial charge in [0.1, 0.15) is 5.69 Å². The quantitative estimate of drug-likeness (QED) is 0.735. The Morgan fingerprint density at radius 1 is 1.44 bits per heavy atom. The minimum Gasteiger partial charge on any atom is -0.332 e. The number of ketones is 1. The largest absolute Gasteiger partial charge is 0.332 e. The summed E-state index contributed by atoms with van der Waals surface area (Å²) >= 11 is 0. The third-order valence-corrected chi connectivity index (χ3v) is 2.44. The number of Topliss-reactive ketones (excluding diaryl/α,β-unsaturated/α-hetero) is 1. The van der Waals surface area contributed by atoms with Gasteiger partial charge in [0.15, 0.2) is 5.78 Å². The second-order valence-electron chi connectivity index (χ2n) is 3.98. The smallest absolute Gasteiger partial charge is 0.179 e. The van der Waals surface area contributed by atoms with Gasteiger partial charge in [0, 0.05) is 19.7 Å². The molecule has 0 atom stereocenters. The number of rotatable bonds is 3. The maximum Gasteiger partial charge on any atom is 0.179 e. The number of aromatic nitrogens is 2. The number of nitrogens with zero attached hydrogens (tertiary/aromatic N) is 2. The molecular formula is C13H14N2O. The van der Waals surface area contributed by atoms with Crippen molar-refractivity contribution in [2.45, 2.75) is 20.4 Å². The molecule has 0 aliphatic rings. The summed E-state index contributed by atoms with van der Waals surface area (Å²) in [4.78, 5) is 15.1. The predicted octanol–water partition coefficient (Wildman–Crippen LogP) is 2.44. The Hall–Kier alpha value is -1.90. The second kappa shape index (κ2) is 4.31. The summed E-state index contributed by atoms with van der Waals surface area (Å²) in [5.74, 6) is 0.00277. The highest BCUT2D eigenvalue weighted by molar-refractivity contribution is 5.91. The lowest BCUT2D eigenvalue weighted by Crippen LogP contribution is -1.97. The molecule has 0 spiro atoms. The highest BCUT2D eigenvalue weighted by atomic mass is 16.1. The second-order valence-corrected chi connectivity index (χ2v) is 3.98. The molecular weight excluding hydrogens is 200 g/mol.